The fraction of sp³-hybridized carbons (Fsp3) is 0.400. The van der Waals surface area contributed by atoms with Crippen molar-refractivity contribution in [2.24, 2.45) is 0 Å². The number of ether oxygens (including phenoxy) is 2. The Hall–Kier alpha value is -4.06. The minimum absolute atomic E-state index is 0.120. The number of amides is 1. The first-order chi connectivity index (χ1) is 20.2. The number of carbonyl (C=O) groups excluding carboxylic acids is 1. The smallest absolute Gasteiger partial charge is 0.251 e. The number of nitrogens with one attached hydrogen (secondary N) is 2. The summed E-state index contributed by atoms with van der Waals surface area (Å²) >= 11 is 0. The minimum atomic E-state index is -0.120. The van der Waals surface area contributed by atoms with Crippen molar-refractivity contribution in [1.82, 2.24) is 29.7 Å². The molecule has 2 N–H and O–H groups in total. The van der Waals surface area contributed by atoms with E-state index in [-0.39, 0.29) is 5.91 Å². The van der Waals surface area contributed by atoms with E-state index >= 15 is 0 Å². The number of hydrogen-bond acceptors (Lipinski definition) is 9. The second-order valence-electron chi connectivity index (χ2n) is 10.3. The van der Waals surface area contributed by atoms with Gasteiger partial charge >= 0.3 is 0 Å². The summed E-state index contributed by atoms with van der Waals surface area (Å²) in [4.78, 5) is 31.0. The third-order valence-corrected chi connectivity index (χ3v) is 7.55. The molecular weight excluding hydrogens is 520 g/mol. The van der Waals surface area contributed by atoms with Crippen LogP contribution in [0.1, 0.15) is 16.8 Å². The lowest BCUT2D eigenvalue weighted by Crippen LogP contribution is -2.37. The molecule has 0 bridgehead atoms. The average Bonchev–Trinajstić information content (AvgIpc) is 3.44. The van der Waals surface area contributed by atoms with E-state index in [1.54, 1.807) is 19.2 Å². The monoisotopic (exact) mass is 556 g/mol. The van der Waals surface area contributed by atoms with Crippen molar-refractivity contribution in [1.29, 1.82) is 0 Å². The minimum Gasteiger partial charge on any atom is -0.379 e. The molecule has 0 spiro atoms. The van der Waals surface area contributed by atoms with Crippen molar-refractivity contribution in [3.05, 3.63) is 60.4 Å². The van der Waals surface area contributed by atoms with Crippen molar-refractivity contribution in [2.75, 3.05) is 76.4 Å². The molecular formula is C30H36N8O3. The number of nitrogens with zero attached hydrogens (tertiary/aromatic N) is 6. The molecule has 2 aliphatic rings. The number of aryl methyl sites for hydroxylation is 1. The molecule has 2 saturated heterocycles. The number of imidazole rings is 1. The summed E-state index contributed by atoms with van der Waals surface area (Å²) in [6.07, 6.45) is 3.00. The Morgan fingerprint density at radius 2 is 1.66 bits per heavy atom. The first-order valence-corrected chi connectivity index (χ1v) is 14.2. The maximum Gasteiger partial charge on any atom is 0.251 e. The van der Waals surface area contributed by atoms with Crippen molar-refractivity contribution in [3.63, 3.8) is 0 Å². The van der Waals surface area contributed by atoms with Crippen LogP contribution in [0.3, 0.4) is 0 Å². The first kappa shape index (κ1) is 27.1. The molecule has 11 heteroatoms. The van der Waals surface area contributed by atoms with Gasteiger partial charge in [0.2, 0.25) is 5.95 Å². The van der Waals surface area contributed by atoms with Gasteiger partial charge in [-0.3, -0.25) is 9.69 Å². The maximum atomic E-state index is 11.9. The number of benzene rings is 2. The Bertz CT molecular complexity index is 1480. The lowest BCUT2D eigenvalue weighted by atomic mass is 10.1. The summed E-state index contributed by atoms with van der Waals surface area (Å²) in [6.45, 7) is 8.43. The quantitative estimate of drug-likeness (QED) is 0.321. The zero-order chi connectivity index (χ0) is 28.0. The number of hydrogen-bond donors (Lipinski definition) is 2. The molecule has 11 nitrogen and oxygen atoms in total. The van der Waals surface area contributed by atoms with Crippen LogP contribution in [0.4, 0.5) is 17.5 Å². The second-order valence-corrected chi connectivity index (χ2v) is 10.3. The molecule has 6 rings (SSSR count). The number of anilines is 3. The Morgan fingerprint density at radius 1 is 0.902 bits per heavy atom. The van der Waals surface area contributed by atoms with Crippen LogP contribution < -0.4 is 15.5 Å². The van der Waals surface area contributed by atoms with E-state index in [9.17, 15) is 4.79 Å². The zero-order valence-corrected chi connectivity index (χ0v) is 23.4. The molecule has 0 radical (unpaired) electrons. The van der Waals surface area contributed by atoms with E-state index < -0.39 is 0 Å². The number of fused-ring (bicyclic) bond motifs is 1. The molecule has 4 heterocycles. The van der Waals surface area contributed by atoms with Crippen LogP contribution in [0.2, 0.25) is 0 Å². The molecule has 41 heavy (non-hydrogen) atoms. The molecule has 0 saturated carbocycles. The van der Waals surface area contributed by atoms with Gasteiger partial charge in [0.05, 0.1) is 49.5 Å². The molecule has 214 valence electrons. The van der Waals surface area contributed by atoms with E-state index in [0.29, 0.717) is 30.5 Å². The molecule has 2 aromatic heterocycles. The van der Waals surface area contributed by atoms with Gasteiger partial charge in [-0.2, -0.15) is 4.98 Å². The summed E-state index contributed by atoms with van der Waals surface area (Å²) in [5.41, 5.74) is 5.29. The van der Waals surface area contributed by atoms with Gasteiger partial charge in [-0.1, -0.05) is 6.07 Å². The van der Waals surface area contributed by atoms with Gasteiger partial charge < -0.3 is 29.6 Å². The normalized spacial score (nSPS) is 16.2. The SMILES string of the molecule is CNC(=O)c1ccc(Nc2cc(-c3ccc4c(c3)ncn4CCCN3CCOCC3)nc(N3CCOCC3)n2)cc1. The van der Waals surface area contributed by atoms with Crippen LogP contribution in [0.5, 0.6) is 0 Å². The Kier molecular flexibility index (Phi) is 8.36. The van der Waals surface area contributed by atoms with Crippen LogP contribution in [-0.2, 0) is 16.0 Å². The fourth-order valence-corrected chi connectivity index (χ4v) is 5.24. The molecule has 2 aliphatic heterocycles. The van der Waals surface area contributed by atoms with Gasteiger partial charge in [-0.25, -0.2) is 9.97 Å². The fourth-order valence-electron chi connectivity index (χ4n) is 5.24. The molecule has 0 unspecified atom stereocenters. The number of morpholine rings is 2. The summed E-state index contributed by atoms with van der Waals surface area (Å²) in [7, 11) is 1.62. The number of carbonyl (C=O) groups is 1. The average molecular weight is 557 g/mol. The Balaban J connectivity index is 1.24. The largest absolute Gasteiger partial charge is 0.379 e. The predicted molar refractivity (Wildman–Crippen MR) is 159 cm³/mol. The Labute approximate surface area is 239 Å². The van der Waals surface area contributed by atoms with Gasteiger partial charge in [0.15, 0.2) is 0 Å². The third kappa shape index (κ3) is 6.48. The lowest BCUT2D eigenvalue weighted by Gasteiger charge is -2.27. The summed E-state index contributed by atoms with van der Waals surface area (Å²) in [5.74, 6) is 1.22. The van der Waals surface area contributed by atoms with Gasteiger partial charge in [0.25, 0.3) is 5.91 Å². The van der Waals surface area contributed by atoms with Crippen LogP contribution in [0.15, 0.2) is 54.9 Å². The molecule has 4 aromatic rings. The van der Waals surface area contributed by atoms with Crippen molar-refractivity contribution in [2.45, 2.75) is 13.0 Å². The van der Waals surface area contributed by atoms with Crippen LogP contribution in [-0.4, -0.2) is 96.5 Å². The number of aromatic nitrogens is 4. The third-order valence-electron chi connectivity index (χ3n) is 7.55. The summed E-state index contributed by atoms with van der Waals surface area (Å²) in [5, 5.41) is 6.05. The summed E-state index contributed by atoms with van der Waals surface area (Å²) < 4.78 is 13.2. The van der Waals surface area contributed by atoms with Crippen LogP contribution in [0.25, 0.3) is 22.3 Å². The topological polar surface area (TPSA) is 110 Å². The van der Waals surface area contributed by atoms with Crippen LogP contribution >= 0.6 is 0 Å². The summed E-state index contributed by atoms with van der Waals surface area (Å²) in [6, 6.07) is 15.6. The van der Waals surface area contributed by atoms with Gasteiger partial charge in [-0.15, -0.1) is 0 Å². The van der Waals surface area contributed by atoms with Crippen molar-refractivity contribution < 1.29 is 14.3 Å². The number of rotatable bonds is 9. The van der Waals surface area contributed by atoms with Crippen molar-refractivity contribution >= 4 is 34.4 Å². The molecule has 0 atom stereocenters. The van der Waals surface area contributed by atoms with E-state index in [2.05, 4.69) is 43.2 Å². The van der Waals surface area contributed by atoms with Crippen molar-refractivity contribution in [3.8, 4) is 11.3 Å². The van der Waals surface area contributed by atoms with Gasteiger partial charge in [-0.05, 0) is 42.8 Å². The highest BCUT2D eigenvalue weighted by Crippen LogP contribution is 2.28. The van der Waals surface area contributed by atoms with E-state index in [1.165, 1.54) is 0 Å². The molecule has 2 fully saturated rings. The first-order valence-electron chi connectivity index (χ1n) is 14.2. The standard InChI is InChI=1S/C30H36N8O3/c1-31-29(39)22-3-6-24(7-4-22)33-28-20-25(34-30(35-28)37-13-17-41-18-14-37)23-5-8-27-26(19-23)32-21-38(27)10-2-9-36-11-15-40-16-12-36/h3-8,19-21H,2,9-18H2,1H3,(H,31,39)(H,33,34,35). The Morgan fingerprint density at radius 3 is 2.41 bits per heavy atom. The van der Waals surface area contributed by atoms with Gasteiger partial charge in [0.1, 0.15) is 5.82 Å². The second kappa shape index (κ2) is 12.6. The van der Waals surface area contributed by atoms with Crippen LogP contribution in [0, 0.1) is 0 Å². The zero-order valence-electron chi connectivity index (χ0n) is 23.4. The highest BCUT2D eigenvalue weighted by atomic mass is 16.5. The predicted octanol–water partition coefficient (Wildman–Crippen LogP) is 3.16. The molecule has 0 aliphatic carbocycles. The van der Waals surface area contributed by atoms with E-state index in [0.717, 1.165) is 86.9 Å². The highest BCUT2D eigenvalue weighted by Gasteiger charge is 2.18. The molecule has 1 amide bonds. The lowest BCUT2D eigenvalue weighted by molar-refractivity contribution is 0.0369. The van der Waals surface area contributed by atoms with E-state index in [1.807, 2.05) is 24.5 Å². The highest BCUT2D eigenvalue weighted by molar-refractivity contribution is 5.94. The maximum absolute atomic E-state index is 11.9. The molecule has 2 aromatic carbocycles. The van der Waals surface area contributed by atoms with E-state index in [4.69, 9.17) is 24.4 Å². The van der Waals surface area contributed by atoms with Gasteiger partial charge in [0, 0.05) is 69.2 Å².